The lowest BCUT2D eigenvalue weighted by Crippen LogP contribution is -2.52. The molecule has 1 unspecified atom stereocenters. The van der Waals surface area contributed by atoms with E-state index in [4.69, 9.17) is 15.0 Å². The van der Waals surface area contributed by atoms with Crippen molar-refractivity contribution in [3.63, 3.8) is 0 Å². The Morgan fingerprint density at radius 2 is 1.59 bits per heavy atom. The van der Waals surface area contributed by atoms with Crippen molar-refractivity contribution in [1.29, 1.82) is 0 Å². The Balaban J connectivity index is 1.51. The molecule has 34 heavy (non-hydrogen) atoms. The highest BCUT2D eigenvalue weighted by molar-refractivity contribution is 7.47. The average molecular weight is 484 g/mol. The van der Waals surface area contributed by atoms with Gasteiger partial charge in [0.1, 0.15) is 17.9 Å². The molecule has 0 saturated carbocycles. The molecule has 180 valence electrons. The molecule has 0 radical (unpaired) electrons. The van der Waals surface area contributed by atoms with Gasteiger partial charge in [-0.3, -0.25) is 13.8 Å². The zero-order chi connectivity index (χ0) is 24.6. The van der Waals surface area contributed by atoms with Gasteiger partial charge in [0.2, 0.25) is 5.91 Å². The SMILES string of the molecule is CCOP(=O)(O)OC[C@](C)(N)C(=O)Nc1ccc(OCc2ccc(-c3ccccc3)cc2)cc1. The zero-order valence-electron chi connectivity index (χ0n) is 19.1. The summed E-state index contributed by atoms with van der Waals surface area (Å²) >= 11 is 0. The summed E-state index contributed by atoms with van der Waals surface area (Å²) in [5.74, 6) is 0.0677. The second kappa shape index (κ2) is 11.4. The van der Waals surface area contributed by atoms with Crippen molar-refractivity contribution in [2.24, 2.45) is 5.73 Å². The van der Waals surface area contributed by atoms with Crippen molar-refractivity contribution in [3.05, 3.63) is 84.4 Å². The molecule has 0 aromatic heterocycles. The van der Waals surface area contributed by atoms with Crippen LogP contribution in [0.5, 0.6) is 5.75 Å². The van der Waals surface area contributed by atoms with Crippen LogP contribution in [0.2, 0.25) is 0 Å². The van der Waals surface area contributed by atoms with Crippen molar-refractivity contribution >= 4 is 19.4 Å². The summed E-state index contributed by atoms with van der Waals surface area (Å²) in [6.07, 6.45) is 0. The number of benzene rings is 3. The Labute approximate surface area is 199 Å². The van der Waals surface area contributed by atoms with Crippen LogP contribution in [-0.2, 0) is 25.0 Å². The minimum absolute atomic E-state index is 0.00528. The van der Waals surface area contributed by atoms with Gasteiger partial charge in [-0.2, -0.15) is 0 Å². The normalized spacial score (nSPS) is 14.6. The topological polar surface area (TPSA) is 120 Å². The maximum Gasteiger partial charge on any atom is 0.472 e. The number of amides is 1. The molecule has 1 amide bonds. The van der Waals surface area contributed by atoms with Crippen LogP contribution in [0, 0.1) is 0 Å². The second-order valence-corrected chi connectivity index (χ2v) is 9.36. The summed E-state index contributed by atoms with van der Waals surface area (Å²) in [7, 11) is -4.25. The van der Waals surface area contributed by atoms with Crippen LogP contribution in [0.4, 0.5) is 5.69 Å². The molecule has 3 aromatic rings. The third-order valence-electron chi connectivity index (χ3n) is 4.92. The molecule has 9 heteroatoms. The number of phosphoric acid groups is 1. The van der Waals surface area contributed by atoms with E-state index in [2.05, 4.69) is 34.1 Å². The van der Waals surface area contributed by atoms with Gasteiger partial charge in [-0.15, -0.1) is 0 Å². The summed E-state index contributed by atoms with van der Waals surface area (Å²) < 4.78 is 26.9. The number of rotatable bonds is 11. The predicted molar refractivity (Wildman–Crippen MR) is 131 cm³/mol. The summed E-state index contributed by atoms with van der Waals surface area (Å²) in [4.78, 5) is 22.0. The molecule has 3 aromatic carbocycles. The van der Waals surface area contributed by atoms with E-state index >= 15 is 0 Å². The fraction of sp³-hybridized carbons (Fsp3) is 0.240. The van der Waals surface area contributed by atoms with Gasteiger partial charge < -0.3 is 20.7 Å². The van der Waals surface area contributed by atoms with Crippen LogP contribution < -0.4 is 15.8 Å². The number of ether oxygens (including phenoxy) is 1. The molecule has 0 bridgehead atoms. The van der Waals surface area contributed by atoms with E-state index in [1.165, 1.54) is 6.92 Å². The first-order valence-electron chi connectivity index (χ1n) is 10.8. The number of anilines is 1. The fourth-order valence-electron chi connectivity index (χ4n) is 2.98. The molecular weight excluding hydrogens is 455 g/mol. The summed E-state index contributed by atoms with van der Waals surface area (Å²) in [5, 5.41) is 2.66. The highest BCUT2D eigenvalue weighted by Crippen LogP contribution is 2.43. The summed E-state index contributed by atoms with van der Waals surface area (Å²) in [6, 6.07) is 25.1. The Morgan fingerprint density at radius 3 is 2.21 bits per heavy atom. The van der Waals surface area contributed by atoms with Crippen LogP contribution in [0.3, 0.4) is 0 Å². The Kier molecular flexibility index (Phi) is 8.61. The first-order chi connectivity index (χ1) is 16.2. The van der Waals surface area contributed by atoms with Gasteiger partial charge in [-0.25, -0.2) is 4.57 Å². The molecule has 4 N–H and O–H groups in total. The van der Waals surface area contributed by atoms with E-state index in [0.29, 0.717) is 18.0 Å². The lowest BCUT2D eigenvalue weighted by atomic mass is 10.0. The van der Waals surface area contributed by atoms with E-state index in [1.807, 2.05) is 30.3 Å². The molecule has 0 saturated heterocycles. The van der Waals surface area contributed by atoms with Gasteiger partial charge >= 0.3 is 7.82 Å². The molecule has 0 spiro atoms. The minimum atomic E-state index is -4.25. The lowest BCUT2D eigenvalue weighted by molar-refractivity contribution is -0.121. The lowest BCUT2D eigenvalue weighted by Gasteiger charge is -2.24. The molecule has 0 aliphatic rings. The van der Waals surface area contributed by atoms with Crippen molar-refractivity contribution in [3.8, 4) is 16.9 Å². The number of phosphoric ester groups is 1. The number of nitrogens with one attached hydrogen (secondary N) is 1. The maximum absolute atomic E-state index is 12.5. The predicted octanol–water partition coefficient (Wildman–Crippen LogP) is 4.74. The molecule has 8 nitrogen and oxygen atoms in total. The van der Waals surface area contributed by atoms with Crippen molar-refractivity contribution in [2.45, 2.75) is 26.0 Å². The maximum atomic E-state index is 12.5. The van der Waals surface area contributed by atoms with Gasteiger partial charge in [-0.1, -0.05) is 54.6 Å². The number of hydrogen-bond acceptors (Lipinski definition) is 6. The fourth-order valence-corrected chi connectivity index (χ4v) is 3.81. The molecule has 0 heterocycles. The first kappa shape index (κ1) is 25.6. The summed E-state index contributed by atoms with van der Waals surface area (Å²) in [6.45, 7) is 2.86. The Morgan fingerprint density at radius 1 is 0.971 bits per heavy atom. The number of nitrogens with two attached hydrogens (primary N) is 1. The Bertz CT molecular complexity index is 1120. The van der Waals surface area contributed by atoms with Gasteiger partial charge in [0.25, 0.3) is 0 Å². The molecule has 0 aliphatic heterocycles. The van der Waals surface area contributed by atoms with Gasteiger partial charge in [0.15, 0.2) is 0 Å². The van der Waals surface area contributed by atoms with Crippen LogP contribution in [-0.4, -0.2) is 29.6 Å². The van der Waals surface area contributed by atoms with E-state index in [-0.39, 0.29) is 6.61 Å². The number of carbonyl (C=O) groups excluding carboxylic acids is 1. The van der Waals surface area contributed by atoms with Crippen molar-refractivity contribution in [1.82, 2.24) is 0 Å². The largest absolute Gasteiger partial charge is 0.489 e. The van der Waals surface area contributed by atoms with E-state index in [0.717, 1.165) is 16.7 Å². The van der Waals surface area contributed by atoms with E-state index < -0.39 is 25.9 Å². The number of carbonyl (C=O) groups is 1. The third-order valence-corrected chi connectivity index (χ3v) is 5.96. The van der Waals surface area contributed by atoms with Crippen LogP contribution >= 0.6 is 7.82 Å². The second-order valence-electron chi connectivity index (χ2n) is 7.91. The van der Waals surface area contributed by atoms with Crippen LogP contribution in [0.25, 0.3) is 11.1 Å². The van der Waals surface area contributed by atoms with Crippen LogP contribution in [0.1, 0.15) is 19.4 Å². The minimum Gasteiger partial charge on any atom is -0.489 e. The van der Waals surface area contributed by atoms with Crippen molar-refractivity contribution < 1.29 is 28.0 Å². The monoisotopic (exact) mass is 484 g/mol. The summed E-state index contributed by atoms with van der Waals surface area (Å²) in [5.41, 5.74) is 8.24. The molecule has 2 atom stereocenters. The van der Waals surface area contributed by atoms with Gasteiger partial charge in [0.05, 0.1) is 13.2 Å². The average Bonchev–Trinajstić information content (AvgIpc) is 2.83. The Hall–Kier alpha value is -3.00. The first-order valence-corrected chi connectivity index (χ1v) is 12.3. The van der Waals surface area contributed by atoms with Crippen LogP contribution in [0.15, 0.2) is 78.9 Å². The third kappa shape index (κ3) is 7.52. The quantitative estimate of drug-likeness (QED) is 0.336. The smallest absolute Gasteiger partial charge is 0.472 e. The van der Waals surface area contributed by atoms with E-state index in [9.17, 15) is 14.3 Å². The standard InChI is InChI=1S/C25H29N2O6P/c1-3-32-34(29,30)33-18-25(2,26)24(28)27-22-13-15-23(16-14-22)31-17-19-9-11-21(12-10-19)20-7-5-4-6-8-20/h4-16H,3,17-18,26H2,1-2H3,(H,27,28)(H,29,30)/t25-/m0/s1. The van der Waals surface area contributed by atoms with E-state index in [1.54, 1.807) is 31.2 Å². The van der Waals surface area contributed by atoms with Gasteiger partial charge in [-0.05, 0) is 54.8 Å². The van der Waals surface area contributed by atoms with Gasteiger partial charge in [0, 0.05) is 5.69 Å². The highest BCUT2D eigenvalue weighted by Gasteiger charge is 2.33. The molecular formula is C25H29N2O6P. The molecule has 0 fully saturated rings. The molecule has 3 rings (SSSR count). The number of hydrogen-bond donors (Lipinski definition) is 3. The molecule has 0 aliphatic carbocycles. The van der Waals surface area contributed by atoms with Crippen molar-refractivity contribution in [2.75, 3.05) is 18.5 Å². The highest BCUT2D eigenvalue weighted by atomic mass is 31.2. The zero-order valence-corrected chi connectivity index (χ0v) is 20.0.